The van der Waals surface area contributed by atoms with Crippen molar-refractivity contribution in [3.63, 3.8) is 0 Å². The van der Waals surface area contributed by atoms with Gasteiger partial charge in [-0.05, 0) is 77.6 Å². The molecule has 6 rings (SSSR count). The lowest BCUT2D eigenvalue weighted by molar-refractivity contribution is 0.145. The van der Waals surface area contributed by atoms with E-state index in [1.807, 2.05) is 47.0 Å². The van der Waals surface area contributed by atoms with Crippen LogP contribution in [0.3, 0.4) is 0 Å². The number of fused-ring (bicyclic) bond motifs is 6. The van der Waals surface area contributed by atoms with E-state index in [9.17, 15) is 5.11 Å². The second kappa shape index (κ2) is 9.85. The van der Waals surface area contributed by atoms with Crippen LogP contribution < -0.4 is 18.4 Å². The molecule has 1 atom stereocenters. The second-order valence-electron chi connectivity index (χ2n) is 9.55. The van der Waals surface area contributed by atoms with Gasteiger partial charge in [-0.3, -0.25) is 4.90 Å². The molecule has 0 bridgehead atoms. The van der Waals surface area contributed by atoms with E-state index in [-0.39, 0.29) is 12.8 Å². The lowest BCUT2D eigenvalue weighted by atomic mass is 9.85. The van der Waals surface area contributed by atoms with Crippen LogP contribution in [0.15, 0.2) is 54.6 Å². The van der Waals surface area contributed by atoms with Crippen LogP contribution in [0.5, 0.6) is 23.0 Å². The maximum absolute atomic E-state index is 10.2. The normalized spacial score (nSPS) is 16.6. The van der Waals surface area contributed by atoms with Crippen LogP contribution in [-0.4, -0.2) is 35.3 Å². The highest BCUT2D eigenvalue weighted by Gasteiger charge is 2.36. The summed E-state index contributed by atoms with van der Waals surface area (Å²) in [5, 5.41) is 11.3. The monoisotopic (exact) mass is 518 g/mol. The van der Waals surface area contributed by atoms with E-state index in [4.69, 9.17) is 18.4 Å². The Balaban J connectivity index is 1.36. The van der Waals surface area contributed by atoms with Crippen LogP contribution in [0.1, 0.15) is 34.0 Å². The Morgan fingerprint density at radius 1 is 1.00 bits per heavy atom. The number of aromatic nitrogens is 1. The van der Waals surface area contributed by atoms with Gasteiger partial charge in [-0.25, -0.2) is 0 Å². The van der Waals surface area contributed by atoms with E-state index in [0.717, 1.165) is 65.3 Å². The SMILES string of the molecule is COc1cccc(COc2cc3c(cc2OC)CCN2Cc4c(c5cc(OS)ccc5n4CO)CC32)c1. The third-order valence-electron chi connectivity index (χ3n) is 7.68. The zero-order valence-electron chi connectivity index (χ0n) is 20.9. The number of ether oxygens (including phenoxy) is 3. The lowest BCUT2D eigenvalue weighted by Gasteiger charge is -2.41. The minimum absolute atomic E-state index is 0.0541. The number of aliphatic hydroxyl groups is 1. The molecule has 0 saturated carbocycles. The Bertz CT molecular complexity index is 1470. The van der Waals surface area contributed by atoms with E-state index < -0.39 is 0 Å². The first-order chi connectivity index (χ1) is 18.1. The minimum atomic E-state index is -0.0541. The first-order valence-corrected chi connectivity index (χ1v) is 12.8. The highest BCUT2D eigenvalue weighted by atomic mass is 32.1. The summed E-state index contributed by atoms with van der Waals surface area (Å²) < 4.78 is 24.6. The molecule has 0 aliphatic carbocycles. The highest BCUT2D eigenvalue weighted by Crippen LogP contribution is 2.45. The molecule has 1 unspecified atom stereocenters. The number of rotatable bonds is 7. The summed E-state index contributed by atoms with van der Waals surface area (Å²) in [4.78, 5) is 2.50. The van der Waals surface area contributed by atoms with Gasteiger partial charge in [0.1, 0.15) is 24.8 Å². The van der Waals surface area contributed by atoms with E-state index in [1.54, 1.807) is 14.2 Å². The fourth-order valence-electron chi connectivity index (χ4n) is 5.85. The third kappa shape index (κ3) is 4.19. The molecule has 1 N–H and O–H groups in total. The summed E-state index contributed by atoms with van der Waals surface area (Å²) in [6.07, 6.45) is 1.77. The van der Waals surface area contributed by atoms with Crippen LogP contribution in [-0.2, 0) is 32.7 Å². The van der Waals surface area contributed by atoms with Crippen molar-refractivity contribution in [3.05, 3.63) is 82.5 Å². The van der Waals surface area contributed by atoms with Gasteiger partial charge in [-0.1, -0.05) is 12.1 Å². The molecule has 0 radical (unpaired) electrons. The molecule has 37 heavy (non-hydrogen) atoms. The Morgan fingerprint density at radius 2 is 1.89 bits per heavy atom. The maximum Gasteiger partial charge on any atom is 0.162 e. The molecular weight excluding hydrogens is 488 g/mol. The van der Waals surface area contributed by atoms with E-state index in [1.165, 1.54) is 16.7 Å². The number of thiol groups is 1. The smallest absolute Gasteiger partial charge is 0.162 e. The van der Waals surface area contributed by atoms with Crippen molar-refractivity contribution in [1.29, 1.82) is 0 Å². The molecule has 8 heteroatoms. The van der Waals surface area contributed by atoms with Gasteiger partial charge in [0.05, 0.1) is 19.7 Å². The van der Waals surface area contributed by atoms with Gasteiger partial charge in [-0.15, -0.1) is 0 Å². The zero-order valence-corrected chi connectivity index (χ0v) is 21.8. The molecule has 2 aliphatic heterocycles. The first-order valence-electron chi connectivity index (χ1n) is 12.4. The van der Waals surface area contributed by atoms with Gasteiger partial charge in [0.2, 0.25) is 0 Å². The van der Waals surface area contributed by atoms with Crippen LogP contribution in [0, 0.1) is 0 Å². The Kier molecular flexibility index (Phi) is 6.40. The Morgan fingerprint density at radius 3 is 2.68 bits per heavy atom. The van der Waals surface area contributed by atoms with E-state index >= 15 is 0 Å². The minimum Gasteiger partial charge on any atom is -0.497 e. The number of benzene rings is 3. The predicted molar refractivity (Wildman–Crippen MR) is 145 cm³/mol. The van der Waals surface area contributed by atoms with Gasteiger partial charge < -0.3 is 28.1 Å². The fraction of sp³-hybridized carbons (Fsp3) is 0.310. The van der Waals surface area contributed by atoms with Gasteiger partial charge in [-0.2, -0.15) is 0 Å². The van der Waals surface area contributed by atoms with Gasteiger partial charge >= 0.3 is 0 Å². The highest BCUT2D eigenvalue weighted by molar-refractivity contribution is 7.75. The zero-order chi connectivity index (χ0) is 25.5. The van der Waals surface area contributed by atoms with Crippen LogP contribution in [0.4, 0.5) is 0 Å². The van der Waals surface area contributed by atoms with Crippen molar-refractivity contribution >= 4 is 23.8 Å². The summed E-state index contributed by atoms with van der Waals surface area (Å²) in [7, 11) is 3.35. The molecule has 0 fully saturated rings. The number of aliphatic hydroxyl groups excluding tert-OH is 1. The molecule has 3 heterocycles. The third-order valence-corrected chi connectivity index (χ3v) is 7.89. The largest absolute Gasteiger partial charge is 0.497 e. The first kappa shape index (κ1) is 24.0. The van der Waals surface area contributed by atoms with E-state index in [0.29, 0.717) is 12.4 Å². The Hall–Kier alpha value is -3.33. The van der Waals surface area contributed by atoms with Gasteiger partial charge in [0, 0.05) is 43.1 Å². The second-order valence-corrected chi connectivity index (χ2v) is 9.73. The van der Waals surface area contributed by atoms with Crippen molar-refractivity contribution in [2.24, 2.45) is 0 Å². The molecule has 0 amide bonds. The molecule has 7 nitrogen and oxygen atoms in total. The average Bonchev–Trinajstić information content (AvgIpc) is 3.26. The summed E-state index contributed by atoms with van der Waals surface area (Å²) in [5.41, 5.74) is 7.02. The number of hydrogen-bond donors (Lipinski definition) is 2. The van der Waals surface area contributed by atoms with E-state index in [2.05, 4.69) is 29.9 Å². The molecule has 3 aromatic carbocycles. The lowest BCUT2D eigenvalue weighted by Crippen LogP contribution is -2.39. The average molecular weight is 519 g/mol. The Labute approximate surface area is 221 Å². The van der Waals surface area contributed by atoms with Crippen LogP contribution >= 0.6 is 12.9 Å². The van der Waals surface area contributed by atoms with Gasteiger partial charge in [0.15, 0.2) is 11.5 Å². The molecule has 192 valence electrons. The number of hydrogen-bond acceptors (Lipinski definition) is 7. The van der Waals surface area contributed by atoms with Crippen molar-refractivity contribution in [2.75, 3.05) is 20.8 Å². The molecule has 1 aromatic heterocycles. The molecule has 0 saturated heterocycles. The number of nitrogens with zero attached hydrogens (tertiary/aromatic N) is 2. The predicted octanol–water partition coefficient (Wildman–Crippen LogP) is 5.07. The number of methoxy groups -OCH3 is 2. The fourth-order valence-corrected chi connectivity index (χ4v) is 5.97. The van der Waals surface area contributed by atoms with Gasteiger partial charge in [0.25, 0.3) is 0 Å². The molecular formula is C29H30N2O5S. The molecule has 0 spiro atoms. The van der Waals surface area contributed by atoms with Crippen molar-refractivity contribution in [2.45, 2.75) is 38.8 Å². The summed E-state index contributed by atoms with van der Waals surface area (Å²) >= 11 is 3.99. The summed E-state index contributed by atoms with van der Waals surface area (Å²) in [5.74, 6) is 2.98. The quantitative estimate of drug-likeness (QED) is 0.263. The summed E-state index contributed by atoms with van der Waals surface area (Å²) in [6, 6.07) is 18.3. The van der Waals surface area contributed by atoms with Crippen molar-refractivity contribution in [3.8, 4) is 23.0 Å². The van der Waals surface area contributed by atoms with Crippen LogP contribution in [0.25, 0.3) is 10.9 Å². The summed E-state index contributed by atoms with van der Waals surface area (Å²) in [6.45, 7) is 2.09. The van der Waals surface area contributed by atoms with Crippen molar-refractivity contribution < 1.29 is 23.5 Å². The molecule has 4 aromatic rings. The topological polar surface area (TPSA) is 65.3 Å². The maximum atomic E-state index is 10.2. The standard InChI is InChI=1S/C29H30N2O5S/c1-33-20-5-3-4-18(10-20)16-35-29-14-22-19(11-28(29)34-2)8-9-30-15-27-24(13-26(22)30)23-12-21(36-37)6-7-25(23)31(27)17-32/h3-7,10-12,14,26,32,37H,8-9,13,15-17H2,1-2H3. The van der Waals surface area contributed by atoms with Crippen LogP contribution in [0.2, 0.25) is 0 Å². The van der Waals surface area contributed by atoms with Crippen molar-refractivity contribution in [1.82, 2.24) is 9.47 Å². The molecule has 2 aliphatic rings.